The molecule has 3 aromatic rings. The molecule has 6 nitrogen and oxygen atoms in total. The number of imide groups is 1. The lowest BCUT2D eigenvalue weighted by atomic mass is 10.0. The van der Waals surface area contributed by atoms with Gasteiger partial charge < -0.3 is 4.74 Å². The van der Waals surface area contributed by atoms with Gasteiger partial charge in [0.15, 0.2) is 12.4 Å². The van der Waals surface area contributed by atoms with Crippen LogP contribution in [0.4, 0.5) is 0 Å². The Morgan fingerprint density at radius 3 is 1.85 bits per heavy atom. The minimum atomic E-state index is -1.10. The SMILES string of the molecule is CC(C)CC(C(=O)OCC(=O)c1ccc(-c2ccccc2)cc1)N1C(=O)c2ccccc2C1=O. The maximum atomic E-state index is 13.0. The number of ether oxygens (including phenoxy) is 1. The highest BCUT2D eigenvalue weighted by atomic mass is 16.5. The molecule has 0 N–H and O–H groups in total. The fourth-order valence-corrected chi connectivity index (χ4v) is 4.04. The number of benzene rings is 3. The van der Waals surface area contributed by atoms with Crippen molar-refractivity contribution in [1.82, 2.24) is 4.90 Å². The monoisotopic (exact) mass is 455 g/mol. The van der Waals surface area contributed by atoms with Crippen LogP contribution >= 0.6 is 0 Å². The standard InChI is InChI=1S/C28H25NO5/c1-18(2)16-24(29-26(31)22-10-6-7-11-23(22)27(29)32)28(33)34-17-25(30)21-14-12-20(13-15-21)19-8-4-3-5-9-19/h3-15,18,24H,16-17H2,1-2H3. The zero-order valence-corrected chi connectivity index (χ0v) is 19.1. The number of carbonyl (C=O) groups excluding carboxylic acids is 4. The Morgan fingerprint density at radius 1 is 0.765 bits per heavy atom. The first-order chi connectivity index (χ1) is 16.4. The maximum Gasteiger partial charge on any atom is 0.329 e. The molecule has 1 unspecified atom stereocenters. The van der Waals surface area contributed by atoms with E-state index in [1.54, 1.807) is 36.4 Å². The molecule has 0 bridgehead atoms. The van der Waals surface area contributed by atoms with Crippen molar-refractivity contribution in [3.63, 3.8) is 0 Å². The van der Waals surface area contributed by atoms with Crippen molar-refractivity contribution in [2.45, 2.75) is 26.3 Å². The molecular formula is C28H25NO5. The smallest absolute Gasteiger partial charge is 0.329 e. The molecule has 0 saturated carbocycles. The lowest BCUT2D eigenvalue weighted by Crippen LogP contribution is -2.46. The average Bonchev–Trinajstić information content (AvgIpc) is 3.11. The molecule has 0 aromatic heterocycles. The molecule has 0 spiro atoms. The second-order valence-electron chi connectivity index (χ2n) is 8.65. The number of fused-ring (bicyclic) bond motifs is 1. The van der Waals surface area contributed by atoms with Crippen LogP contribution in [-0.2, 0) is 9.53 Å². The number of hydrogen-bond donors (Lipinski definition) is 0. The summed E-state index contributed by atoms with van der Waals surface area (Å²) in [5.74, 6) is -2.16. The lowest BCUT2D eigenvalue weighted by Gasteiger charge is -2.25. The molecule has 1 aliphatic heterocycles. The molecule has 3 aromatic carbocycles. The summed E-state index contributed by atoms with van der Waals surface area (Å²) in [6, 6.07) is 22.2. The summed E-state index contributed by atoms with van der Waals surface area (Å²) in [4.78, 5) is 52.3. The van der Waals surface area contributed by atoms with E-state index in [0.29, 0.717) is 5.56 Å². The fraction of sp³-hybridized carbons (Fsp3) is 0.214. The molecule has 172 valence electrons. The minimum absolute atomic E-state index is 0.0168. The van der Waals surface area contributed by atoms with E-state index in [1.807, 2.05) is 56.3 Å². The van der Waals surface area contributed by atoms with Gasteiger partial charge in [-0.1, -0.05) is 80.6 Å². The molecule has 0 saturated heterocycles. The van der Waals surface area contributed by atoms with E-state index in [-0.39, 0.29) is 29.2 Å². The quantitative estimate of drug-likeness (QED) is 0.277. The Kier molecular flexibility index (Phi) is 6.68. The van der Waals surface area contributed by atoms with Crippen LogP contribution < -0.4 is 0 Å². The van der Waals surface area contributed by atoms with Gasteiger partial charge in [-0.05, 0) is 35.6 Å². The molecule has 4 rings (SSSR count). The van der Waals surface area contributed by atoms with Crippen LogP contribution in [0.25, 0.3) is 11.1 Å². The third-order valence-electron chi connectivity index (χ3n) is 5.76. The van der Waals surface area contributed by atoms with E-state index in [4.69, 9.17) is 4.74 Å². The summed E-state index contributed by atoms with van der Waals surface area (Å²) in [7, 11) is 0. The van der Waals surface area contributed by atoms with Gasteiger partial charge >= 0.3 is 5.97 Å². The van der Waals surface area contributed by atoms with E-state index in [1.165, 1.54) is 0 Å². The number of rotatable bonds is 8. The highest BCUT2D eigenvalue weighted by molar-refractivity contribution is 6.22. The summed E-state index contributed by atoms with van der Waals surface area (Å²) in [5, 5.41) is 0. The fourth-order valence-electron chi connectivity index (χ4n) is 4.04. The molecule has 1 heterocycles. The number of amides is 2. The molecule has 0 fully saturated rings. The summed E-state index contributed by atoms with van der Waals surface area (Å²) in [5.41, 5.74) is 2.95. The number of Topliss-reactive ketones (excluding diaryl/α,β-unsaturated/α-hetero) is 1. The zero-order chi connectivity index (χ0) is 24.2. The molecule has 6 heteroatoms. The summed E-state index contributed by atoms with van der Waals surface area (Å²) >= 11 is 0. The number of nitrogens with zero attached hydrogens (tertiary/aromatic N) is 1. The van der Waals surface area contributed by atoms with Crippen molar-refractivity contribution >= 4 is 23.6 Å². The van der Waals surface area contributed by atoms with Crippen LogP contribution in [0.15, 0.2) is 78.9 Å². The molecule has 0 radical (unpaired) electrons. The first-order valence-electron chi connectivity index (χ1n) is 11.2. The van der Waals surface area contributed by atoms with E-state index in [2.05, 4.69) is 0 Å². The van der Waals surface area contributed by atoms with Crippen LogP contribution in [0.3, 0.4) is 0 Å². The Labute approximate surface area is 198 Å². The van der Waals surface area contributed by atoms with Gasteiger partial charge in [0.1, 0.15) is 6.04 Å². The van der Waals surface area contributed by atoms with Crippen LogP contribution in [0.2, 0.25) is 0 Å². The van der Waals surface area contributed by atoms with Crippen LogP contribution in [-0.4, -0.2) is 41.1 Å². The number of carbonyl (C=O) groups is 4. The van der Waals surface area contributed by atoms with Crippen molar-refractivity contribution in [3.05, 3.63) is 95.6 Å². The van der Waals surface area contributed by atoms with Gasteiger partial charge in [-0.25, -0.2) is 4.79 Å². The highest BCUT2D eigenvalue weighted by Gasteiger charge is 2.43. The molecule has 1 aliphatic rings. The van der Waals surface area contributed by atoms with Crippen LogP contribution in [0, 0.1) is 5.92 Å². The number of hydrogen-bond acceptors (Lipinski definition) is 5. The van der Waals surface area contributed by atoms with Crippen molar-refractivity contribution in [1.29, 1.82) is 0 Å². The van der Waals surface area contributed by atoms with Crippen LogP contribution in [0.1, 0.15) is 51.3 Å². The topological polar surface area (TPSA) is 80.8 Å². The molecule has 34 heavy (non-hydrogen) atoms. The van der Waals surface area contributed by atoms with E-state index >= 15 is 0 Å². The highest BCUT2D eigenvalue weighted by Crippen LogP contribution is 2.27. The molecule has 1 atom stereocenters. The second-order valence-corrected chi connectivity index (χ2v) is 8.65. The molecular weight excluding hydrogens is 430 g/mol. The van der Waals surface area contributed by atoms with E-state index in [0.717, 1.165) is 16.0 Å². The third-order valence-corrected chi connectivity index (χ3v) is 5.76. The van der Waals surface area contributed by atoms with Gasteiger partial charge in [0.05, 0.1) is 11.1 Å². The average molecular weight is 456 g/mol. The van der Waals surface area contributed by atoms with Gasteiger partial charge in [-0.2, -0.15) is 0 Å². The largest absolute Gasteiger partial charge is 0.456 e. The Hall–Kier alpha value is -4.06. The summed E-state index contributed by atoms with van der Waals surface area (Å²) in [6.07, 6.45) is 0.240. The van der Waals surface area contributed by atoms with Crippen LogP contribution in [0.5, 0.6) is 0 Å². The Morgan fingerprint density at radius 2 is 1.29 bits per heavy atom. The normalized spacial score (nSPS) is 13.7. The van der Waals surface area contributed by atoms with E-state index < -0.39 is 30.4 Å². The summed E-state index contributed by atoms with van der Waals surface area (Å²) in [6.45, 7) is 3.30. The second kappa shape index (κ2) is 9.83. The lowest BCUT2D eigenvalue weighted by molar-refractivity contribution is -0.147. The van der Waals surface area contributed by atoms with Gasteiger partial charge in [0.2, 0.25) is 0 Å². The number of ketones is 1. The zero-order valence-electron chi connectivity index (χ0n) is 19.1. The minimum Gasteiger partial charge on any atom is -0.456 e. The molecule has 0 aliphatic carbocycles. The predicted molar refractivity (Wildman–Crippen MR) is 127 cm³/mol. The predicted octanol–water partition coefficient (Wildman–Crippen LogP) is 4.79. The van der Waals surface area contributed by atoms with Crippen molar-refractivity contribution < 1.29 is 23.9 Å². The third kappa shape index (κ3) is 4.66. The first-order valence-corrected chi connectivity index (χ1v) is 11.2. The van der Waals surface area contributed by atoms with Gasteiger partial charge in [0.25, 0.3) is 11.8 Å². The summed E-state index contributed by atoms with van der Waals surface area (Å²) < 4.78 is 5.31. The van der Waals surface area contributed by atoms with Crippen molar-refractivity contribution in [2.24, 2.45) is 5.92 Å². The molecule has 2 amide bonds. The number of esters is 1. The Balaban J connectivity index is 1.45. The maximum absolute atomic E-state index is 13.0. The first kappa shape index (κ1) is 23.1. The van der Waals surface area contributed by atoms with Gasteiger partial charge in [-0.3, -0.25) is 19.3 Å². The Bertz CT molecular complexity index is 1200. The van der Waals surface area contributed by atoms with E-state index in [9.17, 15) is 19.2 Å². The van der Waals surface area contributed by atoms with Crippen molar-refractivity contribution in [2.75, 3.05) is 6.61 Å². The van der Waals surface area contributed by atoms with Gasteiger partial charge in [-0.15, -0.1) is 0 Å². The van der Waals surface area contributed by atoms with Crippen molar-refractivity contribution in [3.8, 4) is 11.1 Å². The van der Waals surface area contributed by atoms with Gasteiger partial charge in [0, 0.05) is 5.56 Å².